The zero-order valence-electron chi connectivity index (χ0n) is 14.1. The normalized spacial score (nSPS) is 11.6. The predicted molar refractivity (Wildman–Crippen MR) is 100 cm³/mol. The molecule has 3 nitrogen and oxygen atoms in total. The average Bonchev–Trinajstić information content (AvgIpc) is 2.71. The lowest BCUT2D eigenvalue weighted by Crippen LogP contribution is -2.32. The lowest BCUT2D eigenvalue weighted by Gasteiger charge is -2.26. The molecule has 0 aliphatic carbocycles. The highest BCUT2D eigenvalue weighted by Gasteiger charge is 2.22. The van der Waals surface area contributed by atoms with Crippen molar-refractivity contribution in [2.75, 3.05) is 5.06 Å². The van der Waals surface area contributed by atoms with Crippen LogP contribution in [-0.4, -0.2) is 5.91 Å². The number of nitrogens with zero attached hydrogens (tertiary/aromatic N) is 1. The van der Waals surface area contributed by atoms with Crippen molar-refractivity contribution < 1.29 is 14.0 Å². The molecule has 3 rings (SSSR count). The van der Waals surface area contributed by atoms with Gasteiger partial charge in [0.25, 0.3) is 5.91 Å². The molecule has 1 amide bonds. The quantitative estimate of drug-likeness (QED) is 0.445. The summed E-state index contributed by atoms with van der Waals surface area (Å²) in [5.74, 6) is -0.636. The Morgan fingerprint density at radius 2 is 1.50 bits per heavy atom. The summed E-state index contributed by atoms with van der Waals surface area (Å²) < 4.78 is 13.2. The van der Waals surface area contributed by atoms with Crippen molar-refractivity contribution in [3.05, 3.63) is 115 Å². The number of halogens is 1. The van der Waals surface area contributed by atoms with Crippen LogP contribution >= 0.6 is 0 Å². The number of benzene rings is 3. The van der Waals surface area contributed by atoms with E-state index in [9.17, 15) is 9.18 Å². The standard InChI is InChI=1S/C22H18FNO2/c1-2-21(17-13-15-19(23)16-14-17)26-24(20-11-7-4-8-12-20)22(25)18-9-5-3-6-10-18/h2-16,21H,1H2/t21-/m1/s1. The number of anilines is 1. The third kappa shape index (κ3) is 4.05. The van der Waals surface area contributed by atoms with Gasteiger partial charge in [0.15, 0.2) is 0 Å². The van der Waals surface area contributed by atoms with Crippen molar-refractivity contribution in [2.45, 2.75) is 6.10 Å². The zero-order valence-corrected chi connectivity index (χ0v) is 14.1. The number of rotatable bonds is 6. The highest BCUT2D eigenvalue weighted by atomic mass is 19.1. The molecule has 0 spiro atoms. The van der Waals surface area contributed by atoms with Gasteiger partial charge in [0, 0.05) is 5.56 Å². The first-order valence-electron chi connectivity index (χ1n) is 8.18. The van der Waals surface area contributed by atoms with Crippen molar-refractivity contribution in [1.82, 2.24) is 0 Å². The van der Waals surface area contributed by atoms with Crippen molar-refractivity contribution in [1.29, 1.82) is 0 Å². The summed E-state index contributed by atoms with van der Waals surface area (Å²) in [5, 5.41) is 1.24. The minimum absolute atomic E-state index is 0.300. The Balaban J connectivity index is 1.94. The lowest BCUT2D eigenvalue weighted by atomic mass is 10.1. The van der Waals surface area contributed by atoms with Gasteiger partial charge in [0.2, 0.25) is 0 Å². The van der Waals surface area contributed by atoms with Crippen molar-refractivity contribution in [3.63, 3.8) is 0 Å². The van der Waals surface area contributed by atoms with E-state index in [1.165, 1.54) is 17.2 Å². The average molecular weight is 347 g/mol. The molecular formula is C22H18FNO2. The Morgan fingerprint density at radius 1 is 0.923 bits per heavy atom. The Morgan fingerprint density at radius 3 is 2.08 bits per heavy atom. The minimum atomic E-state index is -0.608. The van der Waals surface area contributed by atoms with E-state index < -0.39 is 6.10 Å². The Bertz CT molecular complexity index is 864. The van der Waals surface area contributed by atoms with Crippen LogP contribution in [-0.2, 0) is 4.84 Å². The smallest absolute Gasteiger partial charge is 0.266 e. The molecule has 0 bridgehead atoms. The van der Waals surface area contributed by atoms with Crippen LogP contribution < -0.4 is 5.06 Å². The molecule has 0 heterocycles. The summed E-state index contributed by atoms with van der Waals surface area (Å²) in [7, 11) is 0. The molecule has 0 unspecified atom stereocenters. The van der Waals surface area contributed by atoms with Gasteiger partial charge in [-0.2, -0.15) is 5.06 Å². The van der Waals surface area contributed by atoms with Gasteiger partial charge in [0.05, 0.1) is 5.69 Å². The topological polar surface area (TPSA) is 29.5 Å². The molecule has 0 radical (unpaired) electrons. The van der Waals surface area contributed by atoms with Gasteiger partial charge in [-0.1, -0.05) is 54.6 Å². The molecule has 0 fully saturated rings. The largest absolute Gasteiger partial charge is 0.282 e. The molecule has 130 valence electrons. The van der Waals surface area contributed by atoms with Crippen LogP contribution in [0.25, 0.3) is 0 Å². The second-order valence-electron chi connectivity index (χ2n) is 5.61. The first kappa shape index (κ1) is 17.6. The SMILES string of the molecule is C=C[C@@H](ON(C(=O)c1ccccc1)c1ccccc1)c1ccc(F)cc1. The van der Waals surface area contributed by atoms with Crippen LogP contribution in [0.3, 0.4) is 0 Å². The second-order valence-corrected chi connectivity index (χ2v) is 5.61. The molecule has 0 saturated heterocycles. The fraction of sp³-hybridized carbons (Fsp3) is 0.0455. The van der Waals surface area contributed by atoms with Gasteiger partial charge in [-0.25, -0.2) is 4.39 Å². The first-order chi connectivity index (χ1) is 12.7. The molecule has 3 aromatic carbocycles. The Kier molecular flexibility index (Phi) is 5.56. The van der Waals surface area contributed by atoms with Crippen LogP contribution in [0.4, 0.5) is 10.1 Å². The van der Waals surface area contributed by atoms with Crippen molar-refractivity contribution in [3.8, 4) is 0 Å². The number of amides is 1. The van der Waals surface area contributed by atoms with Crippen molar-refractivity contribution >= 4 is 11.6 Å². The van der Waals surface area contributed by atoms with E-state index in [-0.39, 0.29) is 11.7 Å². The summed E-state index contributed by atoms with van der Waals surface area (Å²) in [6, 6.07) is 23.9. The zero-order chi connectivity index (χ0) is 18.4. The maximum absolute atomic E-state index is 13.2. The maximum atomic E-state index is 13.2. The summed E-state index contributed by atoms with van der Waals surface area (Å²) in [4.78, 5) is 19.0. The van der Waals surface area contributed by atoms with E-state index in [0.717, 1.165) is 0 Å². The third-order valence-corrected chi connectivity index (χ3v) is 3.83. The van der Waals surface area contributed by atoms with E-state index in [1.807, 2.05) is 24.3 Å². The van der Waals surface area contributed by atoms with Crippen LogP contribution in [0.2, 0.25) is 0 Å². The molecule has 4 heteroatoms. The molecule has 0 saturated carbocycles. The predicted octanol–water partition coefficient (Wildman–Crippen LogP) is 5.33. The molecule has 0 aliphatic rings. The summed E-state index contributed by atoms with van der Waals surface area (Å²) in [6.45, 7) is 3.78. The van der Waals surface area contributed by atoms with E-state index in [1.54, 1.807) is 54.6 Å². The van der Waals surface area contributed by atoms with Crippen LogP contribution in [0.5, 0.6) is 0 Å². The van der Waals surface area contributed by atoms with Gasteiger partial charge in [0.1, 0.15) is 11.9 Å². The van der Waals surface area contributed by atoms with Gasteiger partial charge >= 0.3 is 0 Å². The van der Waals surface area contributed by atoms with Gasteiger partial charge in [-0.05, 0) is 42.0 Å². The van der Waals surface area contributed by atoms with E-state index in [4.69, 9.17) is 4.84 Å². The van der Waals surface area contributed by atoms with E-state index in [0.29, 0.717) is 16.8 Å². The van der Waals surface area contributed by atoms with Gasteiger partial charge in [-0.15, -0.1) is 6.58 Å². The fourth-order valence-electron chi connectivity index (χ4n) is 2.49. The molecule has 26 heavy (non-hydrogen) atoms. The molecular weight excluding hydrogens is 329 g/mol. The monoisotopic (exact) mass is 347 g/mol. The number of para-hydroxylation sites is 1. The molecule has 0 N–H and O–H groups in total. The third-order valence-electron chi connectivity index (χ3n) is 3.83. The summed E-state index contributed by atoms with van der Waals surface area (Å²) in [6.07, 6.45) is 0.963. The minimum Gasteiger partial charge on any atom is -0.266 e. The van der Waals surface area contributed by atoms with E-state index in [2.05, 4.69) is 6.58 Å². The number of hydrogen-bond donors (Lipinski definition) is 0. The highest BCUT2D eigenvalue weighted by molar-refractivity contribution is 6.04. The van der Waals surface area contributed by atoms with Crippen LogP contribution in [0.15, 0.2) is 97.6 Å². The summed E-state index contributed by atoms with van der Waals surface area (Å²) in [5.41, 5.74) is 1.79. The lowest BCUT2D eigenvalue weighted by molar-refractivity contribution is 0.0452. The maximum Gasteiger partial charge on any atom is 0.282 e. The fourth-order valence-corrected chi connectivity index (χ4v) is 2.49. The van der Waals surface area contributed by atoms with Crippen molar-refractivity contribution in [2.24, 2.45) is 0 Å². The van der Waals surface area contributed by atoms with Crippen LogP contribution in [0.1, 0.15) is 22.0 Å². The summed E-state index contributed by atoms with van der Waals surface area (Å²) >= 11 is 0. The highest BCUT2D eigenvalue weighted by Crippen LogP contribution is 2.26. The second kappa shape index (κ2) is 8.23. The number of hydroxylamine groups is 1. The van der Waals surface area contributed by atoms with Crippen LogP contribution in [0, 0.1) is 5.82 Å². The Labute approximate surface area is 151 Å². The first-order valence-corrected chi connectivity index (χ1v) is 8.18. The van der Waals surface area contributed by atoms with E-state index >= 15 is 0 Å². The molecule has 0 aromatic heterocycles. The van der Waals surface area contributed by atoms with Gasteiger partial charge in [-0.3, -0.25) is 9.63 Å². The molecule has 3 aromatic rings. The molecule has 1 atom stereocenters. The number of carbonyl (C=O) groups is 1. The Hall–Kier alpha value is -3.24. The molecule has 0 aliphatic heterocycles. The number of hydrogen-bond acceptors (Lipinski definition) is 2. The van der Waals surface area contributed by atoms with Gasteiger partial charge < -0.3 is 0 Å². The number of carbonyl (C=O) groups excluding carboxylic acids is 1.